The van der Waals surface area contributed by atoms with E-state index in [-0.39, 0.29) is 5.95 Å². The molecule has 1 heterocycles. The molecule has 1 rings (SSSR count). The zero-order valence-electron chi connectivity index (χ0n) is 8.93. The van der Waals surface area contributed by atoms with Gasteiger partial charge in [-0.25, -0.2) is 9.97 Å². The van der Waals surface area contributed by atoms with Gasteiger partial charge in [0.15, 0.2) is 5.69 Å². The fourth-order valence-electron chi connectivity index (χ4n) is 0.963. The van der Waals surface area contributed by atoms with Gasteiger partial charge in [0, 0.05) is 13.1 Å². The van der Waals surface area contributed by atoms with E-state index in [4.69, 9.17) is 0 Å². The first-order valence-electron chi connectivity index (χ1n) is 4.74. The molecule has 16 heavy (non-hydrogen) atoms. The molecule has 0 saturated heterocycles. The lowest BCUT2D eigenvalue weighted by Crippen LogP contribution is -2.11. The number of hydrogen-bond acceptors (Lipinski definition) is 4. The fraction of sp³-hybridized carbons (Fsp3) is 0.556. The van der Waals surface area contributed by atoms with Crippen molar-refractivity contribution in [2.45, 2.75) is 24.5 Å². The van der Waals surface area contributed by atoms with Gasteiger partial charge in [-0.2, -0.15) is 13.2 Å². The SMILES string of the molecule is CCCSc1cc(C(F)(F)F)nc(NC)n1. The summed E-state index contributed by atoms with van der Waals surface area (Å²) in [5.41, 5.74) is -0.912. The minimum atomic E-state index is -4.43. The topological polar surface area (TPSA) is 37.8 Å². The van der Waals surface area contributed by atoms with E-state index in [1.165, 1.54) is 18.8 Å². The van der Waals surface area contributed by atoms with Gasteiger partial charge in [0.2, 0.25) is 5.95 Å². The highest BCUT2D eigenvalue weighted by molar-refractivity contribution is 7.99. The Bertz CT molecular complexity index is 354. The molecule has 0 aliphatic rings. The first kappa shape index (κ1) is 13.1. The number of alkyl halides is 3. The summed E-state index contributed by atoms with van der Waals surface area (Å²) in [5, 5.41) is 2.86. The summed E-state index contributed by atoms with van der Waals surface area (Å²) in [6.07, 6.45) is -3.55. The van der Waals surface area contributed by atoms with Gasteiger partial charge in [-0.1, -0.05) is 6.92 Å². The van der Waals surface area contributed by atoms with E-state index in [0.717, 1.165) is 18.2 Å². The van der Waals surface area contributed by atoms with Gasteiger partial charge < -0.3 is 5.32 Å². The Labute approximate surface area is 95.9 Å². The number of rotatable bonds is 4. The van der Waals surface area contributed by atoms with Crippen LogP contribution >= 0.6 is 11.8 Å². The van der Waals surface area contributed by atoms with Crippen molar-refractivity contribution in [3.63, 3.8) is 0 Å². The van der Waals surface area contributed by atoms with Crippen molar-refractivity contribution in [3.8, 4) is 0 Å². The quantitative estimate of drug-likeness (QED) is 0.659. The number of nitrogens with zero attached hydrogens (tertiary/aromatic N) is 2. The van der Waals surface area contributed by atoms with Gasteiger partial charge in [0.1, 0.15) is 5.03 Å². The Balaban J connectivity index is 3.01. The molecule has 0 radical (unpaired) electrons. The van der Waals surface area contributed by atoms with Gasteiger partial charge in [0.25, 0.3) is 0 Å². The Morgan fingerprint density at radius 1 is 1.38 bits per heavy atom. The summed E-state index contributed by atoms with van der Waals surface area (Å²) in [4.78, 5) is 7.31. The molecule has 0 aliphatic carbocycles. The van der Waals surface area contributed by atoms with Gasteiger partial charge >= 0.3 is 6.18 Å². The molecule has 0 aromatic carbocycles. The van der Waals surface area contributed by atoms with Crippen molar-refractivity contribution in [2.24, 2.45) is 0 Å². The predicted molar refractivity (Wildman–Crippen MR) is 57.6 cm³/mol. The van der Waals surface area contributed by atoms with E-state index in [1.54, 1.807) is 0 Å². The molecule has 0 saturated carbocycles. The van der Waals surface area contributed by atoms with Crippen LogP contribution in [0.4, 0.5) is 19.1 Å². The van der Waals surface area contributed by atoms with E-state index in [2.05, 4.69) is 15.3 Å². The maximum atomic E-state index is 12.5. The van der Waals surface area contributed by atoms with Crippen molar-refractivity contribution >= 4 is 17.7 Å². The molecule has 0 atom stereocenters. The summed E-state index contributed by atoms with van der Waals surface area (Å²) >= 11 is 1.29. The highest BCUT2D eigenvalue weighted by Crippen LogP contribution is 2.30. The lowest BCUT2D eigenvalue weighted by Gasteiger charge is -2.09. The molecule has 0 fully saturated rings. The monoisotopic (exact) mass is 251 g/mol. The van der Waals surface area contributed by atoms with Gasteiger partial charge in [0.05, 0.1) is 0 Å². The maximum Gasteiger partial charge on any atom is 0.433 e. The number of nitrogens with one attached hydrogen (secondary N) is 1. The average molecular weight is 251 g/mol. The summed E-state index contributed by atoms with van der Waals surface area (Å²) in [6, 6.07) is 0.973. The van der Waals surface area contributed by atoms with Crippen LogP contribution in [-0.4, -0.2) is 22.8 Å². The molecular formula is C9H12F3N3S. The minimum absolute atomic E-state index is 0.00609. The largest absolute Gasteiger partial charge is 0.433 e. The van der Waals surface area contributed by atoms with Crippen molar-refractivity contribution in [1.82, 2.24) is 9.97 Å². The first-order chi connectivity index (χ1) is 7.47. The van der Waals surface area contributed by atoms with E-state index in [9.17, 15) is 13.2 Å². The van der Waals surface area contributed by atoms with E-state index >= 15 is 0 Å². The maximum absolute atomic E-state index is 12.5. The van der Waals surface area contributed by atoms with Gasteiger partial charge in [-0.3, -0.25) is 0 Å². The van der Waals surface area contributed by atoms with Crippen molar-refractivity contribution in [3.05, 3.63) is 11.8 Å². The second-order valence-electron chi connectivity index (χ2n) is 3.01. The highest BCUT2D eigenvalue weighted by atomic mass is 32.2. The minimum Gasteiger partial charge on any atom is -0.357 e. The molecule has 0 amide bonds. The van der Waals surface area contributed by atoms with Crippen LogP contribution in [0.3, 0.4) is 0 Å². The summed E-state index contributed by atoms with van der Waals surface area (Å²) < 4.78 is 37.4. The molecule has 0 bridgehead atoms. The molecule has 0 aliphatic heterocycles. The highest BCUT2D eigenvalue weighted by Gasteiger charge is 2.33. The lowest BCUT2D eigenvalue weighted by atomic mass is 10.4. The van der Waals surface area contributed by atoms with Crippen LogP contribution in [0.2, 0.25) is 0 Å². The normalized spacial score (nSPS) is 11.6. The Kier molecular flexibility index (Phi) is 4.40. The molecule has 0 unspecified atom stereocenters. The molecule has 90 valence electrons. The standard InChI is InChI=1S/C9H12F3N3S/c1-3-4-16-7-5-6(9(10,11)12)14-8(13-2)15-7/h5H,3-4H2,1-2H3,(H,13,14,15). The molecule has 3 nitrogen and oxygen atoms in total. The van der Waals surface area contributed by atoms with Crippen LogP contribution in [0.25, 0.3) is 0 Å². The Morgan fingerprint density at radius 3 is 2.56 bits per heavy atom. The van der Waals surface area contributed by atoms with Crippen LogP contribution in [0, 0.1) is 0 Å². The van der Waals surface area contributed by atoms with Crippen LogP contribution in [-0.2, 0) is 6.18 Å². The predicted octanol–water partition coefficient (Wildman–Crippen LogP) is 3.04. The van der Waals surface area contributed by atoms with Crippen LogP contribution < -0.4 is 5.32 Å². The van der Waals surface area contributed by atoms with E-state index in [1.807, 2.05) is 6.92 Å². The zero-order chi connectivity index (χ0) is 12.2. The number of halogens is 3. The van der Waals surface area contributed by atoms with Crippen LogP contribution in [0.1, 0.15) is 19.0 Å². The van der Waals surface area contributed by atoms with E-state index < -0.39 is 11.9 Å². The third-order valence-electron chi connectivity index (χ3n) is 1.67. The van der Waals surface area contributed by atoms with Crippen LogP contribution in [0.15, 0.2) is 11.1 Å². The molecule has 0 spiro atoms. The van der Waals surface area contributed by atoms with Gasteiger partial charge in [-0.15, -0.1) is 11.8 Å². The summed E-state index contributed by atoms with van der Waals surface area (Å²) in [5.74, 6) is 0.728. The smallest absolute Gasteiger partial charge is 0.357 e. The Morgan fingerprint density at radius 2 is 2.06 bits per heavy atom. The molecule has 1 N–H and O–H groups in total. The molecule has 1 aromatic heterocycles. The lowest BCUT2D eigenvalue weighted by molar-refractivity contribution is -0.141. The van der Waals surface area contributed by atoms with E-state index in [0.29, 0.717) is 5.03 Å². The fourth-order valence-corrected chi connectivity index (χ4v) is 1.72. The molecule has 1 aromatic rings. The third kappa shape index (κ3) is 3.55. The average Bonchev–Trinajstić information content (AvgIpc) is 2.24. The Hall–Kier alpha value is -0.980. The summed E-state index contributed by atoms with van der Waals surface area (Å²) in [7, 11) is 1.49. The number of aromatic nitrogens is 2. The number of hydrogen-bond donors (Lipinski definition) is 1. The molecule has 7 heteroatoms. The first-order valence-corrected chi connectivity index (χ1v) is 5.72. The number of thioether (sulfide) groups is 1. The number of anilines is 1. The molecular weight excluding hydrogens is 239 g/mol. The third-order valence-corrected chi connectivity index (χ3v) is 2.79. The van der Waals surface area contributed by atoms with Crippen LogP contribution in [0.5, 0.6) is 0 Å². The van der Waals surface area contributed by atoms with Crippen molar-refractivity contribution in [1.29, 1.82) is 0 Å². The van der Waals surface area contributed by atoms with Crippen molar-refractivity contribution in [2.75, 3.05) is 18.1 Å². The second-order valence-corrected chi connectivity index (χ2v) is 4.13. The zero-order valence-corrected chi connectivity index (χ0v) is 9.74. The van der Waals surface area contributed by atoms with Gasteiger partial charge in [-0.05, 0) is 12.2 Å². The van der Waals surface area contributed by atoms with Crippen molar-refractivity contribution < 1.29 is 13.2 Å². The summed E-state index contributed by atoms with van der Waals surface area (Å²) in [6.45, 7) is 1.96. The second kappa shape index (κ2) is 5.38.